The molecule has 3 heterocycles. The Morgan fingerprint density at radius 2 is 2.06 bits per heavy atom. The lowest BCUT2D eigenvalue weighted by Gasteiger charge is -2.11. The molecule has 0 spiro atoms. The Bertz CT molecular complexity index is 1410. The number of para-hydroxylation sites is 2. The van der Waals surface area contributed by atoms with Gasteiger partial charge in [-0.1, -0.05) is 29.8 Å². The highest BCUT2D eigenvalue weighted by Crippen LogP contribution is 2.32. The second kappa shape index (κ2) is 8.74. The number of thiazole rings is 1. The van der Waals surface area contributed by atoms with E-state index in [4.69, 9.17) is 16.3 Å². The summed E-state index contributed by atoms with van der Waals surface area (Å²) in [5.41, 5.74) is 4.92. The number of aromatic nitrogens is 3. The molecule has 0 aliphatic heterocycles. The Morgan fingerprint density at radius 3 is 2.88 bits per heavy atom. The maximum Gasteiger partial charge on any atom is 0.265 e. The SMILES string of the molecule is Cc1nn(-c2cccc(Cl)c2)c2sc(C(=O)Nc3ccccc3OCc3cscn3)cc12. The number of fused-ring (bicyclic) bond motifs is 1. The average Bonchev–Trinajstić information content (AvgIpc) is 3.52. The number of nitrogens with one attached hydrogen (secondary N) is 1. The minimum absolute atomic E-state index is 0.201. The van der Waals surface area contributed by atoms with E-state index in [1.54, 1.807) is 5.51 Å². The number of carbonyl (C=O) groups excluding carboxylic acids is 1. The first-order valence-corrected chi connectivity index (χ1v) is 11.9. The first-order chi connectivity index (χ1) is 15.6. The summed E-state index contributed by atoms with van der Waals surface area (Å²) in [4.78, 5) is 18.8. The second-order valence-electron chi connectivity index (χ2n) is 7.03. The normalized spacial score (nSPS) is 11.1. The van der Waals surface area contributed by atoms with Gasteiger partial charge in [0.2, 0.25) is 0 Å². The van der Waals surface area contributed by atoms with Gasteiger partial charge in [0.1, 0.15) is 17.2 Å². The third-order valence-corrected chi connectivity index (χ3v) is 6.80. The number of anilines is 1. The molecule has 0 radical (unpaired) electrons. The lowest BCUT2D eigenvalue weighted by atomic mass is 10.2. The fourth-order valence-corrected chi connectivity index (χ4v) is 5.09. The van der Waals surface area contributed by atoms with Gasteiger partial charge in [0.05, 0.1) is 33.2 Å². The Morgan fingerprint density at radius 1 is 1.19 bits per heavy atom. The Hall–Kier alpha value is -3.20. The van der Waals surface area contributed by atoms with E-state index in [0.29, 0.717) is 27.9 Å². The molecular formula is C23H17ClN4O2S2. The molecule has 0 bridgehead atoms. The number of rotatable bonds is 6. The summed E-state index contributed by atoms with van der Waals surface area (Å²) < 4.78 is 7.70. The molecule has 0 unspecified atom stereocenters. The quantitative estimate of drug-likeness (QED) is 0.308. The van der Waals surface area contributed by atoms with Crippen LogP contribution in [-0.4, -0.2) is 20.7 Å². The molecule has 0 aliphatic carbocycles. The van der Waals surface area contributed by atoms with Crippen LogP contribution in [0, 0.1) is 6.92 Å². The van der Waals surface area contributed by atoms with E-state index in [9.17, 15) is 4.79 Å². The summed E-state index contributed by atoms with van der Waals surface area (Å²) >= 11 is 9.06. The standard InChI is InChI=1S/C23H17ClN4O2S2/c1-14-18-10-21(32-23(18)28(27-14)17-6-4-5-15(24)9-17)22(29)26-19-7-2-3-8-20(19)30-11-16-12-31-13-25-16/h2-10,12-13H,11H2,1H3,(H,26,29). The van der Waals surface area contributed by atoms with Gasteiger partial charge in [-0.15, -0.1) is 22.7 Å². The van der Waals surface area contributed by atoms with E-state index < -0.39 is 0 Å². The van der Waals surface area contributed by atoms with Gasteiger partial charge in [0, 0.05) is 15.8 Å². The highest BCUT2D eigenvalue weighted by atomic mass is 35.5. The Balaban J connectivity index is 1.41. The molecule has 1 N–H and O–H groups in total. The number of benzene rings is 2. The molecular weight excluding hydrogens is 464 g/mol. The first kappa shape index (κ1) is 20.7. The topological polar surface area (TPSA) is 69.0 Å². The predicted octanol–water partition coefficient (Wildman–Crippen LogP) is 6.34. The lowest BCUT2D eigenvalue weighted by molar-refractivity contribution is 0.103. The Labute approximate surface area is 197 Å². The summed E-state index contributed by atoms with van der Waals surface area (Å²) in [5, 5.41) is 11.1. The van der Waals surface area contributed by atoms with E-state index >= 15 is 0 Å². The van der Waals surface area contributed by atoms with Gasteiger partial charge in [-0.3, -0.25) is 4.79 Å². The van der Waals surface area contributed by atoms with Crippen LogP contribution in [0.25, 0.3) is 15.9 Å². The zero-order chi connectivity index (χ0) is 22.1. The van der Waals surface area contributed by atoms with Gasteiger partial charge in [-0.2, -0.15) is 5.10 Å². The second-order valence-corrected chi connectivity index (χ2v) is 9.21. The monoisotopic (exact) mass is 480 g/mol. The molecule has 0 saturated carbocycles. The molecule has 9 heteroatoms. The van der Waals surface area contributed by atoms with Crippen molar-refractivity contribution in [2.75, 3.05) is 5.32 Å². The van der Waals surface area contributed by atoms with Gasteiger partial charge >= 0.3 is 0 Å². The van der Waals surface area contributed by atoms with E-state index in [-0.39, 0.29) is 5.91 Å². The van der Waals surface area contributed by atoms with Crippen LogP contribution in [0.3, 0.4) is 0 Å². The summed E-state index contributed by atoms with van der Waals surface area (Å²) in [6, 6.07) is 16.7. The molecule has 2 aromatic carbocycles. The number of thiophene rings is 1. The van der Waals surface area contributed by atoms with Crippen molar-refractivity contribution in [3.8, 4) is 11.4 Å². The number of nitrogens with zero attached hydrogens (tertiary/aromatic N) is 3. The number of halogens is 1. The molecule has 0 aliphatic rings. The fourth-order valence-electron chi connectivity index (χ4n) is 3.28. The van der Waals surface area contributed by atoms with Crippen molar-refractivity contribution in [1.82, 2.24) is 14.8 Å². The molecule has 0 atom stereocenters. The highest BCUT2D eigenvalue weighted by molar-refractivity contribution is 7.20. The van der Waals surface area contributed by atoms with Crippen LogP contribution in [0.4, 0.5) is 5.69 Å². The molecule has 0 fully saturated rings. The number of ether oxygens (including phenoxy) is 1. The van der Waals surface area contributed by atoms with Crippen molar-refractivity contribution in [3.05, 3.63) is 86.8 Å². The van der Waals surface area contributed by atoms with Crippen LogP contribution in [0.2, 0.25) is 5.02 Å². The third-order valence-electron chi connectivity index (χ3n) is 4.82. The third kappa shape index (κ3) is 4.12. The zero-order valence-corrected chi connectivity index (χ0v) is 19.3. The molecule has 1 amide bonds. The molecule has 3 aromatic heterocycles. The molecule has 5 aromatic rings. The van der Waals surface area contributed by atoms with Gasteiger partial charge in [0.25, 0.3) is 5.91 Å². The summed E-state index contributed by atoms with van der Waals surface area (Å²) in [5.74, 6) is 0.393. The number of hydrogen-bond donors (Lipinski definition) is 1. The highest BCUT2D eigenvalue weighted by Gasteiger charge is 2.18. The lowest BCUT2D eigenvalue weighted by Crippen LogP contribution is -2.11. The predicted molar refractivity (Wildman–Crippen MR) is 130 cm³/mol. The van der Waals surface area contributed by atoms with Gasteiger partial charge in [-0.25, -0.2) is 9.67 Å². The summed E-state index contributed by atoms with van der Waals surface area (Å²) in [7, 11) is 0. The molecule has 160 valence electrons. The van der Waals surface area contributed by atoms with Crippen LogP contribution in [0.15, 0.2) is 65.5 Å². The van der Waals surface area contributed by atoms with Crippen molar-refractivity contribution < 1.29 is 9.53 Å². The van der Waals surface area contributed by atoms with Crippen molar-refractivity contribution >= 4 is 56.1 Å². The maximum atomic E-state index is 13.1. The summed E-state index contributed by atoms with van der Waals surface area (Å²) in [6.45, 7) is 2.27. The van der Waals surface area contributed by atoms with E-state index in [1.807, 2.05) is 71.6 Å². The van der Waals surface area contributed by atoms with Crippen LogP contribution in [0.1, 0.15) is 21.1 Å². The van der Waals surface area contributed by atoms with E-state index in [1.165, 1.54) is 22.7 Å². The van der Waals surface area contributed by atoms with E-state index in [2.05, 4.69) is 15.4 Å². The van der Waals surface area contributed by atoms with Crippen molar-refractivity contribution in [1.29, 1.82) is 0 Å². The van der Waals surface area contributed by atoms with Crippen LogP contribution in [0.5, 0.6) is 5.75 Å². The zero-order valence-electron chi connectivity index (χ0n) is 16.9. The Kier molecular flexibility index (Phi) is 5.65. The smallest absolute Gasteiger partial charge is 0.265 e. The minimum atomic E-state index is -0.201. The van der Waals surface area contributed by atoms with E-state index in [0.717, 1.165) is 27.3 Å². The number of carbonyl (C=O) groups is 1. The molecule has 6 nitrogen and oxygen atoms in total. The largest absolute Gasteiger partial charge is 0.485 e. The van der Waals surface area contributed by atoms with Crippen molar-refractivity contribution in [2.45, 2.75) is 13.5 Å². The average molecular weight is 481 g/mol. The van der Waals surface area contributed by atoms with Crippen molar-refractivity contribution in [3.63, 3.8) is 0 Å². The summed E-state index contributed by atoms with van der Waals surface area (Å²) in [6.07, 6.45) is 0. The fraction of sp³-hybridized carbons (Fsp3) is 0.0870. The number of aryl methyl sites for hydroxylation is 1. The molecule has 5 rings (SSSR count). The minimum Gasteiger partial charge on any atom is -0.485 e. The first-order valence-electron chi connectivity index (χ1n) is 9.74. The van der Waals surface area contributed by atoms with Crippen LogP contribution in [-0.2, 0) is 6.61 Å². The maximum absolute atomic E-state index is 13.1. The molecule has 0 saturated heterocycles. The van der Waals surface area contributed by atoms with Crippen molar-refractivity contribution in [2.24, 2.45) is 0 Å². The van der Waals surface area contributed by atoms with Gasteiger partial charge in [-0.05, 0) is 43.3 Å². The van der Waals surface area contributed by atoms with Crippen LogP contribution >= 0.6 is 34.3 Å². The number of hydrogen-bond acceptors (Lipinski definition) is 6. The van der Waals surface area contributed by atoms with Gasteiger partial charge in [0.15, 0.2) is 0 Å². The van der Waals surface area contributed by atoms with Crippen LogP contribution < -0.4 is 10.1 Å². The van der Waals surface area contributed by atoms with Gasteiger partial charge < -0.3 is 10.1 Å². The molecule has 32 heavy (non-hydrogen) atoms. The number of amides is 1.